The monoisotopic (exact) mass is 388 g/mol. The first-order valence-corrected chi connectivity index (χ1v) is 8.74. The van der Waals surface area contributed by atoms with Gasteiger partial charge >= 0.3 is 0 Å². The van der Waals surface area contributed by atoms with Crippen LogP contribution in [0, 0.1) is 11.8 Å². The van der Waals surface area contributed by atoms with Gasteiger partial charge in [0.25, 0.3) is 0 Å². The molecule has 0 bridgehead atoms. The van der Waals surface area contributed by atoms with Crippen molar-refractivity contribution >= 4 is 31.9 Å². The van der Waals surface area contributed by atoms with Crippen LogP contribution in [0.5, 0.6) is 0 Å². The Kier molecular flexibility index (Phi) is 5.85. The minimum absolute atomic E-state index is 0.371. The van der Waals surface area contributed by atoms with Crippen molar-refractivity contribution in [3.8, 4) is 0 Å². The van der Waals surface area contributed by atoms with E-state index >= 15 is 0 Å². The molecule has 1 aliphatic rings. The third kappa shape index (κ3) is 4.02. The molecule has 1 fully saturated rings. The van der Waals surface area contributed by atoms with Crippen LogP contribution in [0.1, 0.15) is 51.3 Å². The Balaban J connectivity index is 2.23. The molecule has 0 aromatic carbocycles. The van der Waals surface area contributed by atoms with Gasteiger partial charge < -0.3 is 5.32 Å². The molecule has 0 amide bonds. The third-order valence-electron chi connectivity index (χ3n) is 4.00. The van der Waals surface area contributed by atoms with E-state index in [2.05, 4.69) is 62.1 Å². The van der Waals surface area contributed by atoms with Crippen molar-refractivity contribution in [2.75, 3.05) is 6.54 Å². The topological polar surface area (TPSA) is 24.9 Å². The van der Waals surface area contributed by atoms with E-state index in [1.54, 1.807) is 0 Å². The van der Waals surface area contributed by atoms with Gasteiger partial charge in [-0.15, -0.1) is 0 Å². The Morgan fingerprint density at radius 2 is 2.21 bits per heavy atom. The molecule has 1 saturated carbocycles. The average molecular weight is 390 g/mol. The highest BCUT2D eigenvalue weighted by molar-refractivity contribution is 9.11. The zero-order valence-corrected chi connectivity index (χ0v) is 14.8. The molecule has 1 heterocycles. The molecule has 2 rings (SSSR count). The summed E-state index contributed by atoms with van der Waals surface area (Å²) in [7, 11) is 0. The van der Waals surface area contributed by atoms with Crippen molar-refractivity contribution in [3.05, 3.63) is 26.9 Å². The fourth-order valence-electron chi connectivity index (χ4n) is 3.14. The van der Waals surface area contributed by atoms with E-state index in [1.165, 1.54) is 25.7 Å². The molecule has 4 heteroatoms. The summed E-state index contributed by atoms with van der Waals surface area (Å²) in [6, 6.07) is 2.47. The molecule has 0 saturated heterocycles. The second-order valence-electron chi connectivity index (χ2n) is 5.59. The summed E-state index contributed by atoms with van der Waals surface area (Å²) in [4.78, 5) is 4.64. The molecule has 1 aromatic rings. The second kappa shape index (κ2) is 7.19. The van der Waals surface area contributed by atoms with Crippen molar-refractivity contribution in [2.45, 2.75) is 45.6 Å². The van der Waals surface area contributed by atoms with Crippen LogP contribution in [0.4, 0.5) is 0 Å². The highest BCUT2D eigenvalue weighted by atomic mass is 79.9. The van der Waals surface area contributed by atoms with Crippen LogP contribution in [0.25, 0.3) is 0 Å². The molecule has 0 aliphatic heterocycles. The summed E-state index contributed by atoms with van der Waals surface area (Å²) in [5.74, 6) is 1.54. The molecular weight excluding hydrogens is 368 g/mol. The number of hydrogen-bond donors (Lipinski definition) is 1. The maximum Gasteiger partial charge on any atom is 0.0718 e. The number of nitrogens with zero attached hydrogens (tertiary/aromatic N) is 1. The first-order valence-electron chi connectivity index (χ1n) is 7.16. The first kappa shape index (κ1) is 15.5. The lowest BCUT2D eigenvalue weighted by atomic mass is 9.77. The molecule has 2 nitrogen and oxygen atoms in total. The van der Waals surface area contributed by atoms with Crippen molar-refractivity contribution in [1.82, 2.24) is 10.3 Å². The van der Waals surface area contributed by atoms with Gasteiger partial charge in [-0.25, -0.2) is 0 Å². The quantitative estimate of drug-likeness (QED) is 0.776. The number of aromatic nitrogens is 1. The average Bonchev–Trinajstić information content (AvgIpc) is 2.37. The lowest BCUT2D eigenvalue weighted by Crippen LogP contribution is -2.32. The summed E-state index contributed by atoms with van der Waals surface area (Å²) in [6.07, 6.45) is 7.25. The molecule has 3 unspecified atom stereocenters. The Labute approximate surface area is 133 Å². The van der Waals surface area contributed by atoms with E-state index in [-0.39, 0.29) is 0 Å². The van der Waals surface area contributed by atoms with E-state index in [4.69, 9.17) is 0 Å². The van der Waals surface area contributed by atoms with Gasteiger partial charge in [-0.05, 0) is 69.1 Å². The largest absolute Gasteiger partial charge is 0.309 e. The number of pyridine rings is 1. The fraction of sp³-hybridized carbons (Fsp3) is 0.667. The molecule has 3 atom stereocenters. The minimum Gasteiger partial charge on any atom is -0.309 e. The van der Waals surface area contributed by atoms with Crippen LogP contribution in [0.2, 0.25) is 0 Å². The van der Waals surface area contributed by atoms with E-state index in [9.17, 15) is 0 Å². The van der Waals surface area contributed by atoms with Crippen LogP contribution < -0.4 is 5.32 Å². The summed E-state index contributed by atoms with van der Waals surface area (Å²) in [5.41, 5.74) is 1.16. The fourth-order valence-corrected chi connectivity index (χ4v) is 4.38. The molecule has 1 N–H and O–H groups in total. The standard InChI is InChI=1S/C15H22Br2N2/c1-3-18-14(11-6-4-5-10(2)7-11)15-13(17)8-12(16)9-19-15/h8-11,14,18H,3-7H2,1-2H3. The van der Waals surface area contributed by atoms with Gasteiger partial charge in [-0.2, -0.15) is 0 Å². The maximum atomic E-state index is 4.64. The molecule has 0 spiro atoms. The Hall–Kier alpha value is 0.0700. The maximum absolute atomic E-state index is 4.64. The Bertz CT molecular complexity index is 423. The van der Waals surface area contributed by atoms with Gasteiger partial charge in [-0.1, -0.05) is 26.7 Å². The summed E-state index contributed by atoms with van der Waals surface area (Å²) in [6.45, 7) is 5.53. The number of nitrogens with one attached hydrogen (secondary N) is 1. The van der Waals surface area contributed by atoms with Crippen molar-refractivity contribution in [3.63, 3.8) is 0 Å². The smallest absolute Gasteiger partial charge is 0.0718 e. The van der Waals surface area contributed by atoms with Crippen LogP contribution in [-0.4, -0.2) is 11.5 Å². The van der Waals surface area contributed by atoms with Gasteiger partial charge in [-0.3, -0.25) is 4.98 Å². The predicted octanol–water partition coefficient (Wildman–Crippen LogP) is 5.08. The van der Waals surface area contributed by atoms with Crippen LogP contribution in [-0.2, 0) is 0 Å². The molecule has 1 aromatic heterocycles. The predicted molar refractivity (Wildman–Crippen MR) is 87.2 cm³/mol. The van der Waals surface area contributed by atoms with Crippen molar-refractivity contribution in [2.24, 2.45) is 11.8 Å². The van der Waals surface area contributed by atoms with Gasteiger partial charge in [0, 0.05) is 15.1 Å². The van der Waals surface area contributed by atoms with E-state index < -0.39 is 0 Å². The van der Waals surface area contributed by atoms with Gasteiger partial charge in [0.1, 0.15) is 0 Å². The summed E-state index contributed by atoms with van der Waals surface area (Å²) >= 11 is 7.14. The Morgan fingerprint density at radius 1 is 1.42 bits per heavy atom. The van der Waals surface area contributed by atoms with E-state index in [0.717, 1.165) is 27.1 Å². The van der Waals surface area contributed by atoms with Gasteiger partial charge in [0.15, 0.2) is 0 Å². The lowest BCUT2D eigenvalue weighted by molar-refractivity contribution is 0.222. The number of rotatable bonds is 4. The van der Waals surface area contributed by atoms with Crippen LogP contribution >= 0.6 is 31.9 Å². The third-order valence-corrected chi connectivity index (χ3v) is 5.07. The number of halogens is 2. The first-order chi connectivity index (χ1) is 9.11. The zero-order valence-electron chi connectivity index (χ0n) is 11.6. The normalized spacial score (nSPS) is 25.3. The van der Waals surface area contributed by atoms with Gasteiger partial charge in [0.05, 0.1) is 11.7 Å². The molecule has 106 valence electrons. The van der Waals surface area contributed by atoms with Gasteiger partial charge in [0.2, 0.25) is 0 Å². The highest BCUT2D eigenvalue weighted by Gasteiger charge is 2.29. The summed E-state index contributed by atoms with van der Waals surface area (Å²) in [5, 5.41) is 3.64. The number of hydrogen-bond acceptors (Lipinski definition) is 2. The second-order valence-corrected chi connectivity index (χ2v) is 7.36. The SMILES string of the molecule is CCNC(c1ncc(Br)cc1Br)C1CCCC(C)C1. The lowest BCUT2D eigenvalue weighted by Gasteiger charge is -2.34. The molecular formula is C15H22Br2N2. The summed E-state index contributed by atoms with van der Waals surface area (Å²) < 4.78 is 2.13. The van der Waals surface area contributed by atoms with Crippen molar-refractivity contribution < 1.29 is 0 Å². The van der Waals surface area contributed by atoms with E-state index in [0.29, 0.717) is 12.0 Å². The molecule has 1 aliphatic carbocycles. The van der Waals surface area contributed by atoms with Crippen LogP contribution in [0.15, 0.2) is 21.2 Å². The molecule has 19 heavy (non-hydrogen) atoms. The Morgan fingerprint density at radius 3 is 2.84 bits per heavy atom. The minimum atomic E-state index is 0.371. The van der Waals surface area contributed by atoms with E-state index in [1.807, 2.05) is 6.20 Å². The molecule has 0 radical (unpaired) electrons. The zero-order chi connectivity index (χ0) is 13.8. The van der Waals surface area contributed by atoms with Crippen molar-refractivity contribution in [1.29, 1.82) is 0 Å². The van der Waals surface area contributed by atoms with Crippen LogP contribution in [0.3, 0.4) is 0 Å². The highest BCUT2D eigenvalue weighted by Crippen LogP contribution is 2.38.